The van der Waals surface area contributed by atoms with Crippen molar-refractivity contribution < 1.29 is 4.79 Å². The van der Waals surface area contributed by atoms with E-state index in [1.54, 1.807) is 6.33 Å². The van der Waals surface area contributed by atoms with E-state index in [-0.39, 0.29) is 11.8 Å². The Morgan fingerprint density at radius 3 is 2.51 bits per heavy atom. The summed E-state index contributed by atoms with van der Waals surface area (Å²) in [5.41, 5.74) is 3.57. The lowest BCUT2D eigenvalue weighted by Gasteiger charge is -2.38. The van der Waals surface area contributed by atoms with Crippen LogP contribution in [0.15, 0.2) is 30.6 Å². The average Bonchev–Trinajstić information content (AvgIpc) is 3.50. The lowest BCUT2D eigenvalue weighted by molar-refractivity contribution is -0.133. The highest BCUT2D eigenvalue weighted by Gasteiger charge is 2.34. The minimum Gasteiger partial charge on any atom is -0.353 e. The Morgan fingerprint density at radius 2 is 1.83 bits per heavy atom. The number of hydrogen-bond donors (Lipinski definition) is 0. The number of amides is 1. The number of rotatable bonds is 6. The van der Waals surface area contributed by atoms with E-state index in [0.717, 1.165) is 76.5 Å². The molecule has 8 heteroatoms. The molecule has 7 nitrogen and oxygen atoms in total. The second-order valence-corrected chi connectivity index (χ2v) is 11.0. The Hall–Kier alpha value is -2.22. The van der Waals surface area contributed by atoms with Crippen LogP contribution < -0.4 is 4.90 Å². The van der Waals surface area contributed by atoms with Crippen molar-refractivity contribution in [3.05, 3.63) is 52.4 Å². The fourth-order valence-electron chi connectivity index (χ4n) is 5.91. The molecule has 0 radical (unpaired) electrons. The number of nitrogens with zero attached hydrogens (tertiary/aromatic N) is 6. The highest BCUT2D eigenvalue weighted by atomic mass is 35.5. The summed E-state index contributed by atoms with van der Waals surface area (Å²) in [4.78, 5) is 32.2. The van der Waals surface area contributed by atoms with Crippen molar-refractivity contribution in [3.63, 3.8) is 0 Å². The van der Waals surface area contributed by atoms with Crippen molar-refractivity contribution in [2.24, 2.45) is 0 Å². The molecule has 3 atom stereocenters. The molecule has 0 N–H and O–H groups in total. The molecule has 1 aliphatic carbocycles. The largest absolute Gasteiger partial charge is 0.353 e. The first-order chi connectivity index (χ1) is 16.9. The number of carbonyl (C=O) groups is 1. The van der Waals surface area contributed by atoms with E-state index in [1.165, 1.54) is 11.3 Å². The summed E-state index contributed by atoms with van der Waals surface area (Å²) in [5, 5.41) is 0.703. The minimum atomic E-state index is -0.178. The summed E-state index contributed by atoms with van der Waals surface area (Å²) in [7, 11) is 4.28. The summed E-state index contributed by atoms with van der Waals surface area (Å²) in [6.07, 6.45) is 5.04. The smallest absolute Gasteiger partial charge is 0.231 e. The molecule has 0 unspecified atom stereocenters. The maximum Gasteiger partial charge on any atom is 0.231 e. The zero-order valence-corrected chi connectivity index (χ0v) is 21.9. The van der Waals surface area contributed by atoms with E-state index in [2.05, 4.69) is 50.6 Å². The maximum atomic E-state index is 13.9. The lowest BCUT2D eigenvalue weighted by atomic mass is 9.96. The molecule has 1 amide bonds. The number of anilines is 1. The molecule has 1 aromatic carbocycles. The number of fused-ring (bicyclic) bond motifs is 1. The van der Waals surface area contributed by atoms with Crippen LogP contribution >= 0.6 is 11.6 Å². The second kappa shape index (κ2) is 10.4. The van der Waals surface area contributed by atoms with Crippen LogP contribution in [0, 0.1) is 0 Å². The predicted octanol–water partition coefficient (Wildman–Crippen LogP) is 3.25. The van der Waals surface area contributed by atoms with Gasteiger partial charge in [0.2, 0.25) is 5.91 Å². The molecule has 1 aromatic heterocycles. The van der Waals surface area contributed by atoms with Crippen LogP contribution in [0.1, 0.15) is 48.4 Å². The molecular formula is C27H37ClN6O. The van der Waals surface area contributed by atoms with Gasteiger partial charge in [-0.3, -0.25) is 4.79 Å². The Morgan fingerprint density at radius 1 is 1.09 bits per heavy atom. The number of benzene rings is 1. The van der Waals surface area contributed by atoms with Crippen molar-refractivity contribution in [3.8, 4) is 0 Å². The van der Waals surface area contributed by atoms with Gasteiger partial charge in [-0.1, -0.05) is 30.7 Å². The van der Waals surface area contributed by atoms with Crippen LogP contribution in [-0.2, 0) is 11.2 Å². The van der Waals surface area contributed by atoms with Crippen molar-refractivity contribution in [2.75, 3.05) is 64.8 Å². The van der Waals surface area contributed by atoms with Crippen LogP contribution in [-0.4, -0.2) is 96.5 Å². The molecule has 2 fully saturated rings. The number of aryl methyl sites for hydroxylation is 1. The third-order valence-electron chi connectivity index (χ3n) is 8.13. The quantitative estimate of drug-likeness (QED) is 0.612. The van der Waals surface area contributed by atoms with Gasteiger partial charge in [-0.2, -0.15) is 0 Å². The van der Waals surface area contributed by atoms with Gasteiger partial charge in [-0.15, -0.1) is 0 Å². The molecule has 2 saturated heterocycles. The van der Waals surface area contributed by atoms with E-state index in [1.807, 2.05) is 24.3 Å². The molecule has 3 aliphatic rings. The SMILES string of the molecule is C[C@@H]1CCc2ncnc(N3CCN(C(=O)[C@@H](CN4CC[C@H](N(C)C)C4)c4ccc(Cl)cc4)CC3)c21. The number of halogens is 1. The molecule has 3 heterocycles. The normalized spacial score (nSPS) is 23.7. The van der Waals surface area contributed by atoms with Gasteiger partial charge in [0, 0.05) is 61.6 Å². The standard InChI is InChI=1S/C27H37ClN6O/c1-19-4-9-24-25(19)26(30-18-29-24)33-12-14-34(15-13-33)27(35)23(20-5-7-21(28)8-6-20)17-32-11-10-22(16-32)31(2)3/h5-8,18-19,22-23H,4,9-17H2,1-3H3/t19-,22+,23+/m1/s1. The third kappa shape index (κ3) is 5.18. The van der Waals surface area contributed by atoms with Crippen LogP contribution in [0.2, 0.25) is 5.02 Å². The van der Waals surface area contributed by atoms with E-state index in [0.29, 0.717) is 17.0 Å². The van der Waals surface area contributed by atoms with Gasteiger partial charge in [0.15, 0.2) is 0 Å². The number of likely N-dealkylation sites (N-methyl/N-ethyl adjacent to an activating group) is 1. The van der Waals surface area contributed by atoms with Crippen LogP contribution in [0.4, 0.5) is 5.82 Å². The first-order valence-corrected chi connectivity index (χ1v) is 13.3. The van der Waals surface area contributed by atoms with Gasteiger partial charge >= 0.3 is 0 Å². The molecule has 35 heavy (non-hydrogen) atoms. The number of likely N-dealkylation sites (tertiary alicyclic amines) is 1. The van der Waals surface area contributed by atoms with Gasteiger partial charge < -0.3 is 19.6 Å². The number of hydrogen-bond acceptors (Lipinski definition) is 6. The van der Waals surface area contributed by atoms with Crippen molar-refractivity contribution in [2.45, 2.75) is 44.1 Å². The highest BCUT2D eigenvalue weighted by molar-refractivity contribution is 6.30. The van der Waals surface area contributed by atoms with Gasteiger partial charge in [0.25, 0.3) is 0 Å². The van der Waals surface area contributed by atoms with Crippen LogP contribution in [0.25, 0.3) is 0 Å². The molecule has 5 rings (SSSR count). The summed E-state index contributed by atoms with van der Waals surface area (Å²) < 4.78 is 0. The van der Waals surface area contributed by atoms with Gasteiger partial charge in [-0.25, -0.2) is 9.97 Å². The summed E-state index contributed by atoms with van der Waals surface area (Å²) in [6.45, 7) is 8.12. The van der Waals surface area contributed by atoms with E-state index >= 15 is 0 Å². The van der Waals surface area contributed by atoms with Crippen molar-refractivity contribution >= 4 is 23.3 Å². The second-order valence-electron chi connectivity index (χ2n) is 10.6. The Kier molecular flexibility index (Phi) is 7.28. The molecule has 188 valence electrons. The van der Waals surface area contributed by atoms with Gasteiger partial charge in [0.1, 0.15) is 12.1 Å². The van der Waals surface area contributed by atoms with Crippen molar-refractivity contribution in [1.29, 1.82) is 0 Å². The van der Waals surface area contributed by atoms with Gasteiger partial charge in [0.05, 0.1) is 5.92 Å². The fraction of sp³-hybridized carbons (Fsp3) is 0.593. The van der Waals surface area contributed by atoms with E-state index in [9.17, 15) is 4.79 Å². The molecule has 0 saturated carbocycles. The minimum absolute atomic E-state index is 0.178. The van der Waals surface area contributed by atoms with Gasteiger partial charge in [-0.05, 0) is 63.5 Å². The molecule has 0 bridgehead atoms. The Bertz CT molecular complexity index is 1040. The zero-order valence-electron chi connectivity index (χ0n) is 21.2. The highest BCUT2D eigenvalue weighted by Crippen LogP contribution is 2.37. The van der Waals surface area contributed by atoms with E-state index < -0.39 is 0 Å². The monoisotopic (exact) mass is 496 g/mol. The van der Waals surface area contributed by atoms with Crippen LogP contribution in [0.3, 0.4) is 0 Å². The molecule has 2 aliphatic heterocycles. The molecule has 2 aromatic rings. The molecular weight excluding hydrogens is 460 g/mol. The Labute approximate surface area is 214 Å². The average molecular weight is 497 g/mol. The molecule has 0 spiro atoms. The summed E-state index contributed by atoms with van der Waals surface area (Å²) in [6, 6.07) is 8.40. The first-order valence-electron chi connectivity index (χ1n) is 12.9. The first kappa shape index (κ1) is 24.5. The number of piperazine rings is 1. The fourth-order valence-corrected chi connectivity index (χ4v) is 6.04. The van der Waals surface area contributed by atoms with Crippen LogP contribution in [0.5, 0.6) is 0 Å². The van der Waals surface area contributed by atoms with E-state index in [4.69, 9.17) is 11.6 Å². The summed E-state index contributed by atoms with van der Waals surface area (Å²) >= 11 is 6.17. The maximum absolute atomic E-state index is 13.9. The Balaban J connectivity index is 1.29. The number of carbonyl (C=O) groups excluding carboxylic acids is 1. The van der Waals surface area contributed by atoms with Crippen molar-refractivity contribution in [1.82, 2.24) is 24.7 Å². The third-order valence-corrected chi connectivity index (χ3v) is 8.38. The topological polar surface area (TPSA) is 55.8 Å². The summed E-state index contributed by atoms with van der Waals surface area (Å²) in [5.74, 6) is 1.62. The lowest BCUT2D eigenvalue weighted by Crippen LogP contribution is -2.51. The number of aromatic nitrogens is 2. The zero-order chi connectivity index (χ0) is 24.5. The predicted molar refractivity (Wildman–Crippen MR) is 140 cm³/mol.